The Morgan fingerprint density at radius 2 is 1.82 bits per heavy atom. The Morgan fingerprint density at radius 1 is 1.11 bits per heavy atom. The molecule has 1 heterocycles. The summed E-state index contributed by atoms with van der Waals surface area (Å²) in [5.74, 6) is -0.318. The number of anilines is 1. The molecule has 1 amide bonds. The first-order valence-corrected chi connectivity index (χ1v) is 10.4. The molecule has 148 valence electrons. The number of hydrogen-bond donors (Lipinski definition) is 2. The maximum atomic E-state index is 12.7. The molecule has 0 radical (unpaired) electrons. The van der Waals surface area contributed by atoms with Gasteiger partial charge in [0.2, 0.25) is 15.9 Å². The van der Waals surface area contributed by atoms with Gasteiger partial charge in [-0.15, -0.1) is 0 Å². The van der Waals surface area contributed by atoms with Gasteiger partial charge in [0.15, 0.2) is 0 Å². The number of aryl methyl sites for hydroxylation is 1. The second-order valence-corrected chi connectivity index (χ2v) is 9.49. The molecule has 7 heteroatoms. The Bertz CT molecular complexity index is 1120. The number of nitrogens with one attached hydrogen (secondary N) is 2. The van der Waals surface area contributed by atoms with Crippen molar-refractivity contribution in [2.24, 2.45) is 0 Å². The fourth-order valence-electron chi connectivity index (χ4n) is 2.96. The number of amides is 1. The highest BCUT2D eigenvalue weighted by atomic mass is 32.2. The second-order valence-electron chi connectivity index (χ2n) is 7.84. The number of sulfonamides is 1. The van der Waals surface area contributed by atoms with Crippen molar-refractivity contribution in [3.05, 3.63) is 59.9 Å². The van der Waals surface area contributed by atoms with Gasteiger partial charge in [-0.05, 0) is 51.5 Å². The summed E-state index contributed by atoms with van der Waals surface area (Å²) < 4.78 is 33.5. The molecule has 1 aromatic heterocycles. The Morgan fingerprint density at radius 3 is 2.54 bits per heavy atom. The number of carbonyl (C=O) groups excluding carboxylic acids is 1. The van der Waals surface area contributed by atoms with E-state index in [4.69, 9.17) is 4.42 Å². The fraction of sp³-hybridized carbons (Fsp3) is 0.286. The Labute approximate surface area is 165 Å². The van der Waals surface area contributed by atoms with Crippen LogP contribution in [0.5, 0.6) is 0 Å². The van der Waals surface area contributed by atoms with E-state index < -0.39 is 15.6 Å². The number of hydrogen-bond acceptors (Lipinski definition) is 4. The van der Waals surface area contributed by atoms with Crippen LogP contribution in [-0.4, -0.2) is 19.9 Å². The van der Waals surface area contributed by atoms with Crippen molar-refractivity contribution >= 4 is 32.6 Å². The lowest BCUT2D eigenvalue weighted by atomic mass is 10.1. The third-order valence-electron chi connectivity index (χ3n) is 4.05. The quantitative estimate of drug-likeness (QED) is 0.678. The van der Waals surface area contributed by atoms with Crippen LogP contribution in [0.15, 0.2) is 58.0 Å². The molecule has 0 fully saturated rings. The smallest absolute Gasteiger partial charge is 0.243 e. The van der Waals surface area contributed by atoms with Crippen molar-refractivity contribution < 1.29 is 17.6 Å². The van der Waals surface area contributed by atoms with Crippen molar-refractivity contribution in [3.8, 4) is 0 Å². The zero-order valence-corrected chi connectivity index (χ0v) is 17.2. The van der Waals surface area contributed by atoms with Crippen molar-refractivity contribution in [3.63, 3.8) is 0 Å². The van der Waals surface area contributed by atoms with Crippen LogP contribution in [0.25, 0.3) is 11.0 Å². The predicted molar refractivity (Wildman–Crippen MR) is 110 cm³/mol. The monoisotopic (exact) mass is 400 g/mol. The summed E-state index contributed by atoms with van der Waals surface area (Å²) in [4.78, 5) is 12.6. The molecule has 0 spiro atoms. The highest BCUT2D eigenvalue weighted by molar-refractivity contribution is 7.89. The van der Waals surface area contributed by atoms with E-state index in [1.165, 1.54) is 6.07 Å². The largest absolute Gasteiger partial charge is 0.464 e. The molecule has 2 aromatic carbocycles. The first-order chi connectivity index (χ1) is 13.0. The van der Waals surface area contributed by atoms with Gasteiger partial charge in [-0.1, -0.05) is 24.3 Å². The first kappa shape index (κ1) is 20.1. The van der Waals surface area contributed by atoms with E-state index in [1.54, 1.807) is 45.2 Å². The van der Waals surface area contributed by atoms with Crippen molar-refractivity contribution in [2.75, 3.05) is 5.32 Å². The van der Waals surface area contributed by atoms with Crippen LogP contribution in [0, 0.1) is 6.92 Å². The highest BCUT2D eigenvalue weighted by Crippen LogP contribution is 2.25. The summed E-state index contributed by atoms with van der Waals surface area (Å²) in [6.45, 7) is 7.25. The minimum Gasteiger partial charge on any atom is -0.464 e. The minimum absolute atomic E-state index is 0.0333. The Hall–Kier alpha value is -2.64. The van der Waals surface area contributed by atoms with Gasteiger partial charge >= 0.3 is 0 Å². The summed E-state index contributed by atoms with van der Waals surface area (Å²) in [5.41, 5.74) is 2.15. The molecular weight excluding hydrogens is 376 g/mol. The van der Waals surface area contributed by atoms with Crippen LogP contribution in [0.2, 0.25) is 0 Å². The number of para-hydroxylation sites is 1. The molecule has 3 aromatic rings. The normalized spacial score (nSPS) is 12.3. The van der Waals surface area contributed by atoms with E-state index in [0.717, 1.165) is 22.1 Å². The number of rotatable bonds is 5. The molecule has 0 aliphatic heterocycles. The van der Waals surface area contributed by atoms with Crippen LogP contribution < -0.4 is 10.0 Å². The molecule has 0 aliphatic carbocycles. The van der Waals surface area contributed by atoms with Crippen LogP contribution in [0.3, 0.4) is 0 Å². The lowest BCUT2D eigenvalue weighted by Gasteiger charge is -2.21. The first-order valence-electron chi connectivity index (χ1n) is 8.95. The third-order valence-corrected chi connectivity index (χ3v) is 5.87. The molecule has 0 bridgehead atoms. The van der Waals surface area contributed by atoms with E-state index in [1.807, 2.05) is 25.1 Å². The number of furan rings is 1. The second kappa shape index (κ2) is 7.41. The molecule has 0 atom stereocenters. The molecule has 0 saturated heterocycles. The standard InChI is InChI=1S/C21H24N2O4S/c1-14-9-10-16-15(13-27-18(16)11-14)12-20(24)22-17-7-5-6-8-19(17)28(25,26)23-21(2,3)4/h5-11,13,23H,12H2,1-4H3,(H,22,24). The van der Waals surface area contributed by atoms with E-state index in [9.17, 15) is 13.2 Å². The lowest BCUT2D eigenvalue weighted by Crippen LogP contribution is -2.40. The summed E-state index contributed by atoms with van der Waals surface area (Å²) >= 11 is 0. The van der Waals surface area contributed by atoms with Crippen LogP contribution in [0.1, 0.15) is 31.9 Å². The van der Waals surface area contributed by atoms with Crippen LogP contribution in [0.4, 0.5) is 5.69 Å². The molecule has 6 nitrogen and oxygen atoms in total. The van der Waals surface area contributed by atoms with Crippen molar-refractivity contribution in [2.45, 2.75) is 44.6 Å². The maximum Gasteiger partial charge on any atom is 0.243 e. The summed E-state index contributed by atoms with van der Waals surface area (Å²) in [6, 6.07) is 12.1. The molecule has 28 heavy (non-hydrogen) atoms. The molecule has 2 N–H and O–H groups in total. The predicted octanol–water partition coefficient (Wildman–Crippen LogP) is 4.00. The Balaban J connectivity index is 1.83. The average Bonchev–Trinajstić information content (AvgIpc) is 2.94. The van der Waals surface area contributed by atoms with Gasteiger partial charge in [0, 0.05) is 16.5 Å². The summed E-state index contributed by atoms with van der Waals surface area (Å²) in [6.07, 6.45) is 1.64. The van der Waals surface area contributed by atoms with Gasteiger partial charge in [-0.25, -0.2) is 13.1 Å². The fourth-order valence-corrected chi connectivity index (χ4v) is 4.54. The molecule has 0 saturated carbocycles. The summed E-state index contributed by atoms with van der Waals surface area (Å²) in [5, 5.41) is 3.59. The van der Waals surface area contributed by atoms with Crippen molar-refractivity contribution in [1.82, 2.24) is 4.72 Å². The van der Waals surface area contributed by atoms with Gasteiger partial charge < -0.3 is 9.73 Å². The van der Waals surface area contributed by atoms with Crippen molar-refractivity contribution in [1.29, 1.82) is 0 Å². The van der Waals surface area contributed by atoms with Crippen LogP contribution >= 0.6 is 0 Å². The van der Waals surface area contributed by atoms with Gasteiger partial charge in [0.1, 0.15) is 10.5 Å². The lowest BCUT2D eigenvalue weighted by molar-refractivity contribution is -0.115. The van der Waals surface area contributed by atoms with Gasteiger partial charge in [-0.2, -0.15) is 0 Å². The zero-order valence-electron chi connectivity index (χ0n) is 16.4. The highest BCUT2D eigenvalue weighted by Gasteiger charge is 2.25. The molecule has 0 aliphatic rings. The summed E-state index contributed by atoms with van der Waals surface area (Å²) in [7, 11) is -3.78. The van der Waals surface area contributed by atoms with E-state index in [2.05, 4.69) is 10.0 Å². The molecular formula is C21H24N2O4S. The van der Waals surface area contributed by atoms with Gasteiger partial charge in [0.05, 0.1) is 18.4 Å². The third kappa shape index (κ3) is 4.61. The maximum absolute atomic E-state index is 12.7. The number of fused-ring (bicyclic) bond motifs is 1. The van der Waals surface area contributed by atoms with E-state index >= 15 is 0 Å². The topological polar surface area (TPSA) is 88.4 Å². The molecule has 3 rings (SSSR count). The number of carbonyl (C=O) groups is 1. The Kier molecular flexibility index (Phi) is 5.32. The minimum atomic E-state index is -3.78. The average molecular weight is 401 g/mol. The van der Waals surface area contributed by atoms with E-state index in [0.29, 0.717) is 0 Å². The molecule has 0 unspecified atom stereocenters. The van der Waals surface area contributed by atoms with Gasteiger partial charge in [0.25, 0.3) is 0 Å². The zero-order chi connectivity index (χ0) is 20.5. The van der Waals surface area contributed by atoms with Crippen LogP contribution in [-0.2, 0) is 21.2 Å². The van der Waals surface area contributed by atoms with Gasteiger partial charge in [-0.3, -0.25) is 4.79 Å². The number of benzene rings is 2. The van der Waals surface area contributed by atoms with E-state index in [-0.39, 0.29) is 22.9 Å². The SMILES string of the molecule is Cc1ccc2c(CC(=O)Nc3ccccc3S(=O)(=O)NC(C)(C)C)coc2c1.